The van der Waals surface area contributed by atoms with Gasteiger partial charge in [0.2, 0.25) is 5.41 Å². The van der Waals surface area contributed by atoms with E-state index in [2.05, 4.69) is 11.8 Å². The number of carbonyl (C=O) groups excluding carboxylic acids is 4. The van der Waals surface area contributed by atoms with Crippen molar-refractivity contribution in [2.75, 3.05) is 9.80 Å². The van der Waals surface area contributed by atoms with Gasteiger partial charge in [-0.3, -0.25) is 19.2 Å². The first-order chi connectivity index (χ1) is 24.8. The van der Waals surface area contributed by atoms with Crippen molar-refractivity contribution in [1.82, 2.24) is 0 Å². The Kier molecular flexibility index (Phi) is 8.03. The first kappa shape index (κ1) is 35.6. The topological polar surface area (TPSA) is 149 Å². The summed E-state index contributed by atoms with van der Waals surface area (Å²) in [6.45, 7) is 0. The lowest BCUT2D eigenvalue weighted by Crippen LogP contribution is -2.55. The van der Waals surface area contributed by atoms with Crippen LogP contribution in [0.4, 0.5) is 37.7 Å². The molecule has 2 heterocycles. The predicted octanol–water partition coefficient (Wildman–Crippen LogP) is 6.06. The highest BCUT2D eigenvalue weighted by Crippen LogP contribution is 2.57. The summed E-state index contributed by atoms with van der Waals surface area (Å²) in [7, 11) is 0. The molecule has 2 N–H and O–H groups in total. The van der Waals surface area contributed by atoms with E-state index in [1.54, 1.807) is 0 Å². The fourth-order valence-corrected chi connectivity index (χ4v) is 6.34. The van der Waals surface area contributed by atoms with E-state index in [0.29, 0.717) is 12.1 Å². The molecular weight excluding hydrogens is 714 g/mol. The number of alkyl halides is 6. The number of hydrogen-bond donors (Lipinski definition) is 2. The number of anilines is 2. The summed E-state index contributed by atoms with van der Waals surface area (Å²) in [5.41, 5.74) is -14.6. The molecule has 10 nitrogen and oxygen atoms in total. The quantitative estimate of drug-likeness (QED) is 0.138. The molecule has 16 heteroatoms. The molecule has 0 saturated carbocycles. The Balaban J connectivity index is 1.63. The predicted molar refractivity (Wildman–Crippen MR) is 171 cm³/mol. The molecule has 0 unspecified atom stereocenters. The Morgan fingerprint density at radius 3 is 1.17 bits per heavy atom. The minimum atomic E-state index is -6.40. The molecule has 4 amide bonds. The minimum absolute atomic E-state index is 0.0579. The van der Waals surface area contributed by atoms with Crippen LogP contribution in [0.15, 0.2) is 72.8 Å². The molecule has 0 fully saturated rings. The first-order valence-corrected chi connectivity index (χ1v) is 14.7. The van der Waals surface area contributed by atoms with Gasteiger partial charge < -0.3 is 10.2 Å². The molecule has 0 spiro atoms. The van der Waals surface area contributed by atoms with Crippen LogP contribution in [0.2, 0.25) is 0 Å². The Morgan fingerprint density at radius 2 is 0.868 bits per heavy atom. The molecule has 264 valence electrons. The number of carboxylic acid groups (broad SMARTS) is 2. The van der Waals surface area contributed by atoms with Crippen LogP contribution < -0.4 is 9.80 Å². The molecule has 2 aliphatic rings. The number of imide groups is 2. The second kappa shape index (κ2) is 12.0. The number of rotatable bonds is 6. The first-order valence-electron chi connectivity index (χ1n) is 14.7. The third kappa shape index (κ3) is 5.10. The van der Waals surface area contributed by atoms with Gasteiger partial charge >= 0.3 is 24.3 Å². The molecule has 0 bridgehead atoms. The highest BCUT2D eigenvalue weighted by atomic mass is 19.4. The summed E-state index contributed by atoms with van der Waals surface area (Å²) < 4.78 is 92.4. The number of aromatic carboxylic acids is 2. The number of nitrogens with zero attached hydrogens (tertiary/aromatic N) is 2. The van der Waals surface area contributed by atoms with E-state index in [0.717, 1.165) is 24.3 Å². The number of halogens is 6. The van der Waals surface area contributed by atoms with Gasteiger partial charge in [-0.25, -0.2) is 19.4 Å². The van der Waals surface area contributed by atoms with Gasteiger partial charge in [0.25, 0.3) is 23.6 Å². The normalized spacial score (nSPS) is 14.2. The Morgan fingerprint density at radius 1 is 0.528 bits per heavy atom. The maximum absolute atomic E-state index is 15.4. The van der Waals surface area contributed by atoms with Crippen molar-refractivity contribution in [2.24, 2.45) is 0 Å². The summed E-state index contributed by atoms with van der Waals surface area (Å²) in [4.78, 5) is 78.2. The Hall–Kier alpha value is -7.20. The molecule has 0 aromatic heterocycles. The van der Waals surface area contributed by atoms with Gasteiger partial charge in [-0.1, -0.05) is 24.0 Å². The number of benzene rings is 4. The van der Waals surface area contributed by atoms with Crippen molar-refractivity contribution >= 4 is 46.9 Å². The number of carboxylic acids is 2. The van der Waals surface area contributed by atoms with E-state index in [-0.39, 0.29) is 56.3 Å². The van der Waals surface area contributed by atoms with Gasteiger partial charge in [0.05, 0.1) is 44.8 Å². The van der Waals surface area contributed by atoms with Gasteiger partial charge in [0.15, 0.2) is 0 Å². The smallest absolute Gasteiger partial charge is 0.411 e. The fourth-order valence-electron chi connectivity index (χ4n) is 6.34. The minimum Gasteiger partial charge on any atom is -0.478 e. The average molecular weight is 731 g/mol. The van der Waals surface area contributed by atoms with Crippen LogP contribution in [0.1, 0.15) is 84.4 Å². The van der Waals surface area contributed by atoms with Crippen molar-refractivity contribution in [2.45, 2.75) is 17.8 Å². The summed E-state index contributed by atoms with van der Waals surface area (Å²) >= 11 is 0. The standard InChI is InChI=1S/C37H16F6N2O8/c1-3-17-5-9-21-25(13-17)31(48)44(29(21)46)27-15-19(7-11-23(27)33(50)51)35(36(38,39)40,37(41,42)43)20-8-12-24(34(52)53)28(16-20)45-30(47)22-10-6-18(4-2)14-26(22)32(45)49/h1-2,5-16H,(H,50,51)(H,52,53). The van der Waals surface area contributed by atoms with Crippen LogP contribution in [0, 0.1) is 24.7 Å². The molecule has 0 saturated heterocycles. The molecular formula is C37H16F6N2O8. The number of hydrogen-bond acceptors (Lipinski definition) is 6. The van der Waals surface area contributed by atoms with Crippen LogP contribution in [-0.2, 0) is 5.41 Å². The zero-order chi connectivity index (χ0) is 38.9. The van der Waals surface area contributed by atoms with Crippen molar-refractivity contribution in [3.05, 3.63) is 128 Å². The van der Waals surface area contributed by atoms with E-state index in [1.165, 1.54) is 12.1 Å². The average Bonchev–Trinajstić information content (AvgIpc) is 3.49. The summed E-state index contributed by atoms with van der Waals surface area (Å²) in [6, 6.07) is 7.79. The van der Waals surface area contributed by atoms with Gasteiger partial charge in [-0.05, 0) is 71.8 Å². The van der Waals surface area contributed by atoms with Crippen molar-refractivity contribution in [3.63, 3.8) is 0 Å². The van der Waals surface area contributed by atoms with Crippen LogP contribution in [0.5, 0.6) is 0 Å². The number of terminal acetylenes is 2. The van der Waals surface area contributed by atoms with Gasteiger partial charge in [-0.15, -0.1) is 12.8 Å². The van der Waals surface area contributed by atoms with Crippen LogP contribution in [-0.4, -0.2) is 58.1 Å². The molecule has 6 rings (SSSR count). The van der Waals surface area contributed by atoms with E-state index in [1.807, 2.05) is 0 Å². The third-order valence-corrected chi connectivity index (χ3v) is 8.76. The van der Waals surface area contributed by atoms with Crippen LogP contribution in [0.3, 0.4) is 0 Å². The second-order valence-corrected chi connectivity index (χ2v) is 11.5. The Bertz CT molecular complexity index is 2300. The lowest BCUT2D eigenvalue weighted by molar-refractivity contribution is -0.288. The van der Waals surface area contributed by atoms with Crippen molar-refractivity contribution < 1.29 is 65.3 Å². The number of fused-ring (bicyclic) bond motifs is 2. The molecule has 53 heavy (non-hydrogen) atoms. The molecule has 4 aromatic carbocycles. The number of amides is 4. The summed E-state index contributed by atoms with van der Waals surface area (Å²) in [5.74, 6) is -4.69. The second-order valence-electron chi connectivity index (χ2n) is 11.5. The molecule has 0 atom stereocenters. The molecule has 0 aliphatic carbocycles. The van der Waals surface area contributed by atoms with E-state index in [9.17, 15) is 39.0 Å². The monoisotopic (exact) mass is 730 g/mol. The van der Waals surface area contributed by atoms with Crippen LogP contribution >= 0.6 is 0 Å². The highest BCUT2D eigenvalue weighted by molar-refractivity contribution is 6.36. The zero-order valence-electron chi connectivity index (χ0n) is 26.1. The van der Waals surface area contributed by atoms with E-state index >= 15 is 26.3 Å². The molecule has 2 aliphatic heterocycles. The number of carbonyl (C=O) groups is 6. The van der Waals surface area contributed by atoms with Gasteiger partial charge in [-0.2, -0.15) is 26.3 Å². The Labute approximate surface area is 292 Å². The molecule has 4 aromatic rings. The highest BCUT2D eigenvalue weighted by Gasteiger charge is 2.73. The fraction of sp³-hybridized carbons (Fsp3) is 0.0811. The summed E-state index contributed by atoms with van der Waals surface area (Å²) in [6.07, 6.45) is -2.13. The SMILES string of the molecule is C#Cc1ccc2c(c1)C(=O)N(c1cc(C(c3ccc(C(=O)O)c(N4C(=O)c5ccc(C#C)cc5C4=O)c3)(C(F)(F)F)C(F)(F)F)ccc1C(=O)O)C2=O. The zero-order valence-corrected chi connectivity index (χ0v) is 26.1. The van der Waals surface area contributed by atoms with Gasteiger partial charge in [0, 0.05) is 11.1 Å². The maximum Gasteiger partial charge on any atom is 0.411 e. The van der Waals surface area contributed by atoms with Gasteiger partial charge in [0.1, 0.15) is 0 Å². The lowest BCUT2D eigenvalue weighted by atomic mass is 9.72. The maximum atomic E-state index is 15.4. The summed E-state index contributed by atoms with van der Waals surface area (Å²) in [5, 5.41) is 19.7. The van der Waals surface area contributed by atoms with E-state index in [4.69, 9.17) is 12.8 Å². The van der Waals surface area contributed by atoms with Crippen molar-refractivity contribution in [3.8, 4) is 24.7 Å². The van der Waals surface area contributed by atoms with E-state index < -0.39 is 98.1 Å². The lowest BCUT2D eigenvalue weighted by Gasteiger charge is -2.39. The van der Waals surface area contributed by atoms with Crippen LogP contribution in [0.25, 0.3) is 0 Å². The molecule has 0 radical (unpaired) electrons. The third-order valence-electron chi connectivity index (χ3n) is 8.76. The van der Waals surface area contributed by atoms with Crippen molar-refractivity contribution in [1.29, 1.82) is 0 Å². The largest absolute Gasteiger partial charge is 0.478 e.